The molecule has 3 aromatic rings. The lowest BCUT2D eigenvalue weighted by atomic mass is 9.98. The maximum atomic E-state index is 13.2. The second-order valence-electron chi connectivity index (χ2n) is 9.49. The molecule has 0 spiro atoms. The van der Waals surface area contributed by atoms with Crippen LogP contribution in [0.2, 0.25) is 0 Å². The molecule has 1 amide bonds. The monoisotopic (exact) mass is 461 g/mol. The molecule has 0 radical (unpaired) electrons. The third kappa shape index (κ3) is 3.59. The predicted octanol–water partition coefficient (Wildman–Crippen LogP) is 3.30. The van der Waals surface area contributed by atoms with E-state index in [0.29, 0.717) is 31.1 Å². The minimum Gasteiger partial charge on any atom is -0.481 e. The maximum Gasteiger partial charge on any atom is 0.223 e. The van der Waals surface area contributed by atoms with Gasteiger partial charge in [0.2, 0.25) is 11.8 Å². The normalized spacial score (nSPS) is 16.1. The molecular formula is C25H31N7O2. The molecule has 9 heteroatoms. The molecule has 178 valence electrons. The highest BCUT2D eigenvalue weighted by Crippen LogP contribution is 2.41. The highest BCUT2D eigenvalue weighted by molar-refractivity contribution is 5.88. The summed E-state index contributed by atoms with van der Waals surface area (Å²) in [7, 11) is 3.48. The van der Waals surface area contributed by atoms with Crippen molar-refractivity contribution in [2.75, 3.05) is 7.11 Å². The Morgan fingerprint density at radius 3 is 2.62 bits per heavy atom. The van der Waals surface area contributed by atoms with Gasteiger partial charge in [-0.05, 0) is 45.8 Å². The Balaban J connectivity index is 1.74. The van der Waals surface area contributed by atoms with E-state index in [4.69, 9.17) is 14.9 Å². The van der Waals surface area contributed by atoms with E-state index in [0.717, 1.165) is 46.6 Å². The fourth-order valence-corrected chi connectivity index (χ4v) is 5.13. The van der Waals surface area contributed by atoms with Crippen molar-refractivity contribution < 1.29 is 9.53 Å². The highest BCUT2D eigenvalue weighted by Gasteiger charge is 2.30. The topological polar surface area (TPSA) is 91.0 Å². The van der Waals surface area contributed by atoms with E-state index < -0.39 is 0 Å². The Hall–Kier alpha value is -3.49. The number of allylic oxidation sites excluding steroid dienone is 1. The molecule has 2 aliphatic rings. The largest absolute Gasteiger partial charge is 0.481 e. The van der Waals surface area contributed by atoms with Crippen molar-refractivity contribution in [3.8, 4) is 17.1 Å². The molecule has 0 fully saturated rings. The standard InChI is InChI=1S/C25H31N7O2/c1-14(2)32-13-21-24(25(34-6)30(5)29-21)20-11-17-19(26-27-20)10-15(3)23(17)18-12-31(28-16(18)4)9-7-8-22(32)33/h11-12,14H,7-10,13H2,1-6H3. The highest BCUT2D eigenvalue weighted by atomic mass is 16.5. The number of aryl methyl sites for hydroxylation is 3. The number of amides is 1. The molecule has 1 aliphatic heterocycles. The number of methoxy groups -OCH3 is 1. The molecule has 0 saturated heterocycles. The Kier molecular flexibility index (Phi) is 5.50. The Morgan fingerprint density at radius 2 is 1.88 bits per heavy atom. The van der Waals surface area contributed by atoms with E-state index in [2.05, 4.69) is 29.4 Å². The van der Waals surface area contributed by atoms with Crippen LogP contribution in [0.25, 0.3) is 16.8 Å². The summed E-state index contributed by atoms with van der Waals surface area (Å²) in [6.07, 6.45) is 4.05. The van der Waals surface area contributed by atoms with Gasteiger partial charge in [-0.15, -0.1) is 5.10 Å². The van der Waals surface area contributed by atoms with Gasteiger partial charge < -0.3 is 9.64 Å². The SMILES string of the molecule is COc1c2c(nn1C)CN(C(C)C)C(=O)CCCn1cc(c(C)n1)C1=C(C)Cc3nnc-2cc31. The molecule has 9 nitrogen and oxygen atoms in total. The number of rotatable bonds is 2. The van der Waals surface area contributed by atoms with Crippen LogP contribution in [0.1, 0.15) is 61.8 Å². The number of carbonyl (C=O) groups excluding carboxylic acids is 1. The van der Waals surface area contributed by atoms with Crippen molar-refractivity contribution in [3.63, 3.8) is 0 Å². The third-order valence-electron chi connectivity index (χ3n) is 6.77. The first-order valence-corrected chi connectivity index (χ1v) is 11.8. The zero-order valence-electron chi connectivity index (χ0n) is 20.7. The molecule has 3 aromatic heterocycles. The van der Waals surface area contributed by atoms with E-state index >= 15 is 0 Å². The van der Waals surface area contributed by atoms with Crippen molar-refractivity contribution in [1.29, 1.82) is 0 Å². The first-order valence-electron chi connectivity index (χ1n) is 11.8. The lowest BCUT2D eigenvalue weighted by Crippen LogP contribution is -2.36. The fraction of sp³-hybridized carbons (Fsp3) is 0.480. The number of hydrogen-bond donors (Lipinski definition) is 0. The van der Waals surface area contributed by atoms with Crippen LogP contribution < -0.4 is 4.74 Å². The summed E-state index contributed by atoms with van der Waals surface area (Å²) < 4.78 is 9.41. The lowest BCUT2D eigenvalue weighted by Gasteiger charge is -2.26. The van der Waals surface area contributed by atoms with Crippen LogP contribution in [-0.4, -0.2) is 53.7 Å². The summed E-state index contributed by atoms with van der Waals surface area (Å²) in [6.45, 7) is 9.33. The second-order valence-corrected chi connectivity index (χ2v) is 9.49. The second kappa shape index (κ2) is 8.38. The van der Waals surface area contributed by atoms with Crippen LogP contribution in [0, 0.1) is 6.92 Å². The summed E-state index contributed by atoms with van der Waals surface area (Å²) in [5, 5.41) is 18.7. The van der Waals surface area contributed by atoms with Gasteiger partial charge in [-0.1, -0.05) is 5.57 Å². The summed E-state index contributed by atoms with van der Waals surface area (Å²) in [5.74, 6) is 0.707. The van der Waals surface area contributed by atoms with Crippen LogP contribution in [-0.2, 0) is 31.4 Å². The summed E-state index contributed by atoms with van der Waals surface area (Å²) in [4.78, 5) is 15.1. The van der Waals surface area contributed by atoms with E-state index in [1.165, 1.54) is 11.1 Å². The van der Waals surface area contributed by atoms with E-state index in [1.54, 1.807) is 11.8 Å². The molecule has 0 atom stereocenters. The zero-order valence-corrected chi connectivity index (χ0v) is 20.7. The van der Waals surface area contributed by atoms with Gasteiger partial charge >= 0.3 is 0 Å². The van der Waals surface area contributed by atoms with Gasteiger partial charge in [-0.25, -0.2) is 4.68 Å². The van der Waals surface area contributed by atoms with Crippen molar-refractivity contribution in [1.82, 2.24) is 34.7 Å². The molecule has 0 N–H and O–H groups in total. The number of aromatic nitrogens is 6. The molecule has 0 aromatic carbocycles. The van der Waals surface area contributed by atoms with Crippen LogP contribution in [0.4, 0.5) is 0 Å². The molecule has 1 aliphatic carbocycles. The molecule has 0 saturated carbocycles. The van der Waals surface area contributed by atoms with Gasteiger partial charge in [0.25, 0.3) is 0 Å². The van der Waals surface area contributed by atoms with Crippen molar-refractivity contribution in [2.45, 2.75) is 66.1 Å². The maximum absolute atomic E-state index is 13.2. The van der Waals surface area contributed by atoms with Crippen LogP contribution >= 0.6 is 0 Å². The minimum atomic E-state index is 0.0332. The number of hydrogen-bond acceptors (Lipinski definition) is 6. The number of carbonyl (C=O) groups is 1. The molecule has 4 heterocycles. The van der Waals surface area contributed by atoms with E-state index in [1.807, 2.05) is 37.4 Å². The fourth-order valence-electron chi connectivity index (χ4n) is 5.13. The molecule has 4 bridgehead atoms. The average molecular weight is 462 g/mol. The summed E-state index contributed by atoms with van der Waals surface area (Å²) in [6, 6.07) is 2.13. The Morgan fingerprint density at radius 1 is 1.09 bits per heavy atom. The first kappa shape index (κ1) is 22.3. The van der Waals surface area contributed by atoms with Crippen LogP contribution in [0.5, 0.6) is 5.88 Å². The zero-order chi connectivity index (χ0) is 24.1. The van der Waals surface area contributed by atoms with Crippen LogP contribution in [0.3, 0.4) is 0 Å². The number of ether oxygens (including phenoxy) is 1. The molecule has 5 rings (SSSR count). The number of nitrogens with zero attached hydrogens (tertiary/aromatic N) is 7. The van der Waals surface area contributed by atoms with Crippen LogP contribution in [0.15, 0.2) is 17.8 Å². The third-order valence-corrected chi connectivity index (χ3v) is 6.77. The van der Waals surface area contributed by atoms with Gasteiger partial charge in [0.15, 0.2) is 0 Å². The van der Waals surface area contributed by atoms with Gasteiger partial charge in [0, 0.05) is 49.8 Å². The van der Waals surface area contributed by atoms with Crippen molar-refractivity contribution >= 4 is 11.5 Å². The Labute approximate surface area is 199 Å². The summed E-state index contributed by atoms with van der Waals surface area (Å²) >= 11 is 0. The van der Waals surface area contributed by atoms with Crippen molar-refractivity contribution in [3.05, 3.63) is 46.0 Å². The van der Waals surface area contributed by atoms with Gasteiger partial charge in [-0.3, -0.25) is 9.48 Å². The smallest absolute Gasteiger partial charge is 0.223 e. The predicted molar refractivity (Wildman–Crippen MR) is 128 cm³/mol. The van der Waals surface area contributed by atoms with Gasteiger partial charge in [0.1, 0.15) is 5.69 Å². The summed E-state index contributed by atoms with van der Waals surface area (Å²) in [5.41, 5.74) is 8.80. The lowest BCUT2D eigenvalue weighted by molar-refractivity contribution is -0.133. The molecule has 0 unspecified atom stereocenters. The number of fused-ring (bicyclic) bond motifs is 6. The van der Waals surface area contributed by atoms with E-state index in [9.17, 15) is 4.79 Å². The molecular weight excluding hydrogens is 430 g/mol. The molecule has 34 heavy (non-hydrogen) atoms. The van der Waals surface area contributed by atoms with Gasteiger partial charge in [-0.2, -0.15) is 15.3 Å². The van der Waals surface area contributed by atoms with Gasteiger partial charge in [0.05, 0.1) is 36.3 Å². The van der Waals surface area contributed by atoms with E-state index in [-0.39, 0.29) is 11.9 Å². The minimum absolute atomic E-state index is 0.0332. The first-order chi connectivity index (χ1) is 16.3. The quantitative estimate of drug-likeness (QED) is 0.582. The average Bonchev–Trinajstić information content (AvgIpc) is 3.41. The Bertz CT molecular complexity index is 1320. The van der Waals surface area contributed by atoms with Crippen molar-refractivity contribution in [2.24, 2.45) is 7.05 Å².